The highest BCUT2D eigenvalue weighted by Crippen LogP contribution is 2.58. The summed E-state index contributed by atoms with van der Waals surface area (Å²) >= 11 is 1.99. The molecule has 0 aliphatic carbocycles. The van der Waals surface area contributed by atoms with E-state index in [2.05, 4.69) is 13.8 Å². The lowest BCUT2D eigenvalue weighted by Gasteiger charge is -2.10. The molecule has 1 atom stereocenters. The van der Waals surface area contributed by atoms with E-state index in [0.29, 0.717) is 0 Å². The van der Waals surface area contributed by atoms with E-state index in [0.717, 1.165) is 12.3 Å². The average Bonchev–Trinajstić information content (AvgIpc) is 2.12. The molecule has 0 bridgehead atoms. The highest BCUT2D eigenvalue weighted by atomic mass is 32.7. The van der Waals surface area contributed by atoms with Crippen molar-refractivity contribution in [3.8, 4) is 0 Å². The first-order chi connectivity index (χ1) is 3.80. The third kappa shape index (κ3) is 1.61. The molecule has 0 radical (unpaired) electrons. The van der Waals surface area contributed by atoms with Crippen molar-refractivity contribution in [2.75, 3.05) is 12.4 Å². The lowest BCUT2D eigenvalue weighted by Crippen LogP contribution is -1.87. The Morgan fingerprint density at radius 2 is 2.38 bits per heavy atom. The fraction of sp³-hybridized carbons (Fsp3) is 1.00. The van der Waals surface area contributed by atoms with Gasteiger partial charge in [0.2, 0.25) is 0 Å². The van der Waals surface area contributed by atoms with Gasteiger partial charge in [-0.2, -0.15) is 0 Å². The first-order valence-electron chi connectivity index (χ1n) is 2.86. The molecule has 0 aromatic carbocycles. The zero-order chi connectivity index (χ0) is 5.98. The molecule has 0 spiro atoms. The minimum absolute atomic E-state index is 0.0874. The van der Waals surface area contributed by atoms with Gasteiger partial charge in [0.1, 0.15) is 0 Å². The maximum atomic E-state index is 5.44. The smallest absolute Gasteiger partial charge is 0.0914 e. The lowest BCUT2D eigenvalue weighted by atomic mass is 10.6. The molecule has 0 amide bonds. The van der Waals surface area contributed by atoms with Crippen molar-refractivity contribution in [3.63, 3.8) is 0 Å². The fourth-order valence-corrected chi connectivity index (χ4v) is 4.10. The van der Waals surface area contributed by atoms with Crippen molar-refractivity contribution >= 4 is 18.7 Å². The topological polar surface area (TPSA) is 9.23 Å². The van der Waals surface area contributed by atoms with E-state index in [-0.39, 0.29) is 7.35 Å². The van der Waals surface area contributed by atoms with Gasteiger partial charge in [-0.3, -0.25) is 0 Å². The van der Waals surface area contributed by atoms with Crippen LogP contribution in [0.4, 0.5) is 0 Å². The molecule has 0 N–H and O–H groups in total. The normalized spacial score (nSPS) is 29.6. The van der Waals surface area contributed by atoms with Gasteiger partial charge in [-0.05, 0) is 0 Å². The predicted molar refractivity (Wildman–Crippen MR) is 40.5 cm³/mol. The fourth-order valence-electron chi connectivity index (χ4n) is 0.590. The third-order valence-electron chi connectivity index (χ3n) is 0.942. The van der Waals surface area contributed by atoms with Crippen LogP contribution in [0, 0.1) is 0 Å². The summed E-state index contributed by atoms with van der Waals surface area (Å²) in [6.07, 6.45) is 0. The Morgan fingerprint density at radius 3 is 2.62 bits per heavy atom. The van der Waals surface area contributed by atoms with Gasteiger partial charge in [0.05, 0.1) is 14.0 Å². The van der Waals surface area contributed by atoms with Gasteiger partial charge in [-0.15, -0.1) is 11.4 Å². The maximum absolute atomic E-state index is 5.44. The summed E-state index contributed by atoms with van der Waals surface area (Å²) in [7, 11) is -0.0874. The highest BCUT2D eigenvalue weighted by molar-refractivity contribution is 8.54. The molecule has 3 heteroatoms. The van der Waals surface area contributed by atoms with Crippen LogP contribution in [0.2, 0.25) is 0 Å². The number of hydrogen-bond donors (Lipinski definition) is 0. The predicted octanol–water partition coefficient (Wildman–Crippen LogP) is 2.47. The van der Waals surface area contributed by atoms with Gasteiger partial charge in [0, 0.05) is 11.4 Å². The molecule has 1 heterocycles. The number of hydrogen-bond acceptors (Lipinski definition) is 2. The van der Waals surface area contributed by atoms with Crippen molar-refractivity contribution in [3.05, 3.63) is 0 Å². The summed E-state index contributed by atoms with van der Waals surface area (Å²) in [6.45, 7) is 5.43. The number of rotatable bonds is 1. The second-order valence-corrected chi connectivity index (χ2v) is 6.43. The minimum atomic E-state index is -0.0874. The Labute approximate surface area is 55.8 Å². The van der Waals surface area contributed by atoms with Gasteiger partial charge < -0.3 is 4.52 Å². The molecule has 8 heavy (non-hydrogen) atoms. The van der Waals surface area contributed by atoms with Crippen LogP contribution in [-0.2, 0) is 4.52 Å². The Hall–Kier alpha value is 0.740. The quantitative estimate of drug-likeness (QED) is 0.531. The van der Waals surface area contributed by atoms with Gasteiger partial charge in [-0.25, -0.2) is 0 Å². The molecule has 1 rings (SSSR count). The summed E-state index contributed by atoms with van der Waals surface area (Å²) in [5.41, 5.74) is 0.748. The second kappa shape index (κ2) is 3.05. The molecule has 0 aromatic rings. The molecule has 1 fully saturated rings. The Morgan fingerprint density at radius 1 is 1.62 bits per heavy atom. The maximum Gasteiger partial charge on any atom is 0.0914 e. The van der Waals surface area contributed by atoms with Gasteiger partial charge >= 0.3 is 0 Å². The second-order valence-electron chi connectivity index (χ2n) is 2.05. The SMILES string of the molecule is CC(C)P1OCCS1. The van der Waals surface area contributed by atoms with Crippen molar-refractivity contribution in [1.82, 2.24) is 0 Å². The molecular formula is C5H11OPS. The van der Waals surface area contributed by atoms with Crippen molar-refractivity contribution < 1.29 is 4.52 Å². The van der Waals surface area contributed by atoms with Gasteiger partial charge in [-0.1, -0.05) is 13.8 Å². The highest BCUT2D eigenvalue weighted by Gasteiger charge is 2.19. The monoisotopic (exact) mass is 150 g/mol. The first kappa shape index (κ1) is 6.85. The average molecular weight is 150 g/mol. The van der Waals surface area contributed by atoms with Crippen LogP contribution in [0.3, 0.4) is 0 Å². The summed E-state index contributed by atoms with van der Waals surface area (Å²) in [6, 6.07) is 0. The van der Waals surface area contributed by atoms with Crippen LogP contribution in [0.5, 0.6) is 0 Å². The van der Waals surface area contributed by atoms with Crippen molar-refractivity contribution in [1.29, 1.82) is 0 Å². The molecule has 1 aliphatic rings. The Bertz CT molecular complexity index is 70.8. The Balaban J connectivity index is 2.24. The van der Waals surface area contributed by atoms with E-state index in [4.69, 9.17) is 4.52 Å². The van der Waals surface area contributed by atoms with E-state index >= 15 is 0 Å². The lowest BCUT2D eigenvalue weighted by molar-refractivity contribution is 0.396. The van der Waals surface area contributed by atoms with Crippen LogP contribution in [0.15, 0.2) is 0 Å². The van der Waals surface area contributed by atoms with Crippen LogP contribution in [0.25, 0.3) is 0 Å². The van der Waals surface area contributed by atoms with Crippen LogP contribution >= 0.6 is 18.7 Å². The van der Waals surface area contributed by atoms with Crippen LogP contribution < -0.4 is 0 Å². The van der Waals surface area contributed by atoms with Crippen molar-refractivity contribution in [2.24, 2.45) is 0 Å². The summed E-state index contributed by atoms with van der Waals surface area (Å²) in [4.78, 5) is 0. The third-order valence-corrected chi connectivity index (χ3v) is 5.72. The van der Waals surface area contributed by atoms with E-state index in [1.165, 1.54) is 5.75 Å². The summed E-state index contributed by atoms with van der Waals surface area (Å²) < 4.78 is 5.44. The molecule has 0 aromatic heterocycles. The molecule has 0 saturated carbocycles. The summed E-state index contributed by atoms with van der Waals surface area (Å²) in [5.74, 6) is 1.21. The molecule has 48 valence electrons. The van der Waals surface area contributed by atoms with E-state index in [1.54, 1.807) is 0 Å². The van der Waals surface area contributed by atoms with Crippen LogP contribution in [0.1, 0.15) is 13.8 Å². The van der Waals surface area contributed by atoms with Gasteiger partial charge in [0.15, 0.2) is 0 Å². The van der Waals surface area contributed by atoms with Gasteiger partial charge in [0.25, 0.3) is 0 Å². The first-order valence-corrected chi connectivity index (χ1v) is 5.77. The van der Waals surface area contributed by atoms with E-state index in [9.17, 15) is 0 Å². The molecule has 1 unspecified atom stereocenters. The standard InChI is InChI=1S/C5H11OPS/c1-5(2)7-6-3-4-8-7/h5H,3-4H2,1-2H3. The molecule has 1 nitrogen and oxygen atoms in total. The van der Waals surface area contributed by atoms with E-state index in [1.807, 2.05) is 11.4 Å². The minimum Gasteiger partial charge on any atom is -0.347 e. The summed E-state index contributed by atoms with van der Waals surface area (Å²) in [5, 5.41) is 0. The van der Waals surface area contributed by atoms with E-state index < -0.39 is 0 Å². The largest absolute Gasteiger partial charge is 0.347 e. The van der Waals surface area contributed by atoms with Crippen molar-refractivity contribution in [2.45, 2.75) is 19.5 Å². The molecule has 1 aliphatic heterocycles. The molecule has 1 saturated heterocycles. The zero-order valence-corrected chi connectivity index (χ0v) is 6.97. The zero-order valence-electron chi connectivity index (χ0n) is 5.26. The Kier molecular flexibility index (Phi) is 2.61. The van der Waals surface area contributed by atoms with Crippen LogP contribution in [-0.4, -0.2) is 18.0 Å². The molecular weight excluding hydrogens is 139 g/mol.